The van der Waals surface area contributed by atoms with Crippen LogP contribution in [-0.4, -0.2) is 65.8 Å². The van der Waals surface area contributed by atoms with Crippen LogP contribution in [0.25, 0.3) is 0 Å². The van der Waals surface area contributed by atoms with Gasteiger partial charge >= 0.3 is 18.0 Å². The Morgan fingerprint density at radius 2 is 1.56 bits per heavy atom. The quantitative estimate of drug-likeness (QED) is 0.640. The standard InChI is InChI=1S/C21H28ClF3N4O3/c1-12(2)17(27-16-6-5-14(11-15(16)22)21(23,24)25)19(31)28-7-9-29(10-8-28)20(32)18(30)26-13(3)4/h5-6,11-13,17,27H,7-10H2,1-4H3,(H,26,30)/t17-/m0/s1. The highest BCUT2D eigenvalue weighted by Gasteiger charge is 2.34. The Kier molecular flexibility index (Phi) is 8.39. The fraction of sp³-hybridized carbons (Fsp3) is 0.571. The summed E-state index contributed by atoms with van der Waals surface area (Å²) in [6.45, 7) is 8.03. The SMILES string of the molecule is CC(C)NC(=O)C(=O)N1CCN(C(=O)[C@@H](Nc2ccc(C(F)(F)F)cc2Cl)C(C)C)CC1. The molecule has 0 radical (unpaired) electrons. The number of alkyl halides is 3. The van der Waals surface area contributed by atoms with E-state index < -0.39 is 29.6 Å². The van der Waals surface area contributed by atoms with Crippen molar-refractivity contribution in [2.24, 2.45) is 5.92 Å². The molecule has 1 saturated heterocycles. The van der Waals surface area contributed by atoms with Gasteiger partial charge in [-0.1, -0.05) is 25.4 Å². The largest absolute Gasteiger partial charge is 0.416 e. The molecule has 1 fully saturated rings. The molecular formula is C21H28ClF3N4O3. The second-order valence-corrected chi connectivity index (χ2v) is 8.71. The summed E-state index contributed by atoms with van der Waals surface area (Å²) in [5, 5.41) is 5.38. The highest BCUT2D eigenvalue weighted by atomic mass is 35.5. The lowest BCUT2D eigenvalue weighted by molar-refractivity contribution is -0.148. The molecule has 2 N–H and O–H groups in total. The van der Waals surface area contributed by atoms with Crippen LogP contribution in [0.15, 0.2) is 18.2 Å². The van der Waals surface area contributed by atoms with E-state index in [1.807, 2.05) is 13.8 Å². The molecule has 178 valence electrons. The Bertz CT molecular complexity index is 853. The zero-order chi connectivity index (χ0) is 24.2. The predicted molar refractivity (Wildman–Crippen MR) is 115 cm³/mol. The summed E-state index contributed by atoms with van der Waals surface area (Å²) in [5.41, 5.74) is -0.645. The molecule has 1 atom stereocenters. The van der Waals surface area contributed by atoms with Gasteiger partial charge in [-0.25, -0.2) is 0 Å². The molecule has 1 aliphatic rings. The average molecular weight is 477 g/mol. The van der Waals surface area contributed by atoms with E-state index in [1.165, 1.54) is 11.0 Å². The molecule has 7 nitrogen and oxygen atoms in total. The number of benzene rings is 1. The Balaban J connectivity index is 2.04. The smallest absolute Gasteiger partial charge is 0.372 e. The second kappa shape index (κ2) is 10.4. The van der Waals surface area contributed by atoms with Gasteiger partial charge in [-0.3, -0.25) is 14.4 Å². The number of carbonyl (C=O) groups is 3. The van der Waals surface area contributed by atoms with Crippen molar-refractivity contribution in [3.63, 3.8) is 0 Å². The van der Waals surface area contributed by atoms with Crippen LogP contribution in [0, 0.1) is 5.92 Å². The third-order valence-electron chi connectivity index (χ3n) is 5.03. The van der Waals surface area contributed by atoms with E-state index in [0.29, 0.717) is 0 Å². The van der Waals surface area contributed by atoms with Crippen molar-refractivity contribution in [2.45, 2.75) is 46.0 Å². The minimum atomic E-state index is -4.52. The first-order valence-electron chi connectivity index (χ1n) is 10.3. The van der Waals surface area contributed by atoms with Gasteiger partial charge in [0.25, 0.3) is 0 Å². The molecule has 1 aromatic rings. The fourth-order valence-corrected chi connectivity index (χ4v) is 3.52. The molecule has 32 heavy (non-hydrogen) atoms. The highest BCUT2D eigenvalue weighted by molar-refractivity contribution is 6.35. The molecule has 1 heterocycles. The first kappa shape index (κ1) is 25.8. The number of hydrogen-bond donors (Lipinski definition) is 2. The summed E-state index contributed by atoms with van der Waals surface area (Å²) >= 11 is 6.02. The summed E-state index contributed by atoms with van der Waals surface area (Å²) < 4.78 is 38.6. The number of rotatable bonds is 5. The van der Waals surface area contributed by atoms with Gasteiger partial charge in [-0.2, -0.15) is 13.2 Å². The maximum absolute atomic E-state index is 13.1. The summed E-state index contributed by atoms with van der Waals surface area (Å²) in [5.74, 6) is -1.76. The first-order chi connectivity index (χ1) is 14.8. The van der Waals surface area contributed by atoms with Crippen molar-refractivity contribution in [3.8, 4) is 0 Å². The molecule has 11 heteroatoms. The Hall–Kier alpha value is -2.49. The van der Waals surface area contributed by atoms with Crippen LogP contribution >= 0.6 is 11.6 Å². The van der Waals surface area contributed by atoms with Crippen molar-refractivity contribution >= 4 is 35.0 Å². The average Bonchev–Trinajstić information content (AvgIpc) is 2.70. The van der Waals surface area contributed by atoms with E-state index in [4.69, 9.17) is 11.6 Å². The molecule has 0 aromatic heterocycles. The number of nitrogens with zero attached hydrogens (tertiary/aromatic N) is 2. The molecular weight excluding hydrogens is 449 g/mol. The molecule has 0 bridgehead atoms. The lowest BCUT2D eigenvalue weighted by Gasteiger charge is -2.37. The Morgan fingerprint density at radius 1 is 1.00 bits per heavy atom. The number of amides is 3. The number of piperazine rings is 1. The van der Waals surface area contributed by atoms with Crippen molar-refractivity contribution in [1.82, 2.24) is 15.1 Å². The van der Waals surface area contributed by atoms with Gasteiger partial charge in [0, 0.05) is 32.2 Å². The van der Waals surface area contributed by atoms with Gasteiger partial charge in [-0.15, -0.1) is 0 Å². The number of anilines is 1. The summed E-state index contributed by atoms with van der Waals surface area (Å²) in [4.78, 5) is 40.2. The highest BCUT2D eigenvalue weighted by Crippen LogP contribution is 2.34. The van der Waals surface area contributed by atoms with E-state index in [1.54, 1.807) is 18.7 Å². The van der Waals surface area contributed by atoms with Crippen molar-refractivity contribution in [2.75, 3.05) is 31.5 Å². The maximum Gasteiger partial charge on any atom is 0.416 e. The third kappa shape index (κ3) is 6.51. The summed E-state index contributed by atoms with van der Waals surface area (Å²) in [6, 6.07) is 2.04. The van der Waals surface area contributed by atoms with Crippen LogP contribution < -0.4 is 10.6 Å². The normalized spacial score (nSPS) is 15.7. The van der Waals surface area contributed by atoms with Crippen molar-refractivity contribution < 1.29 is 27.6 Å². The van der Waals surface area contributed by atoms with E-state index in [9.17, 15) is 27.6 Å². The van der Waals surface area contributed by atoms with Crippen LogP contribution in [0.1, 0.15) is 33.3 Å². The van der Waals surface area contributed by atoms with Gasteiger partial charge < -0.3 is 20.4 Å². The predicted octanol–water partition coefficient (Wildman–Crippen LogP) is 2.99. The van der Waals surface area contributed by atoms with Crippen LogP contribution in [0.5, 0.6) is 0 Å². The molecule has 1 aliphatic heterocycles. The lowest BCUT2D eigenvalue weighted by Crippen LogP contribution is -2.57. The molecule has 3 amide bonds. The van der Waals surface area contributed by atoms with E-state index in [2.05, 4.69) is 10.6 Å². The first-order valence-corrected chi connectivity index (χ1v) is 10.7. The van der Waals surface area contributed by atoms with Gasteiger partial charge in [0.1, 0.15) is 6.04 Å². The number of nitrogens with one attached hydrogen (secondary N) is 2. The van der Waals surface area contributed by atoms with Crippen molar-refractivity contribution in [3.05, 3.63) is 28.8 Å². The number of hydrogen-bond acceptors (Lipinski definition) is 4. The molecule has 1 aromatic carbocycles. The summed E-state index contributed by atoms with van der Waals surface area (Å²) in [7, 11) is 0. The number of carbonyl (C=O) groups excluding carboxylic acids is 3. The Morgan fingerprint density at radius 3 is 2.03 bits per heavy atom. The Labute approximate surface area is 190 Å². The van der Waals surface area contributed by atoms with Crippen LogP contribution in [-0.2, 0) is 20.6 Å². The molecule has 2 rings (SSSR count). The lowest BCUT2D eigenvalue weighted by atomic mass is 10.0. The van der Waals surface area contributed by atoms with Crippen molar-refractivity contribution in [1.29, 1.82) is 0 Å². The van der Waals surface area contributed by atoms with E-state index >= 15 is 0 Å². The van der Waals surface area contributed by atoms with E-state index in [-0.39, 0.29) is 54.8 Å². The summed E-state index contributed by atoms with van der Waals surface area (Å²) in [6.07, 6.45) is -4.52. The minimum Gasteiger partial charge on any atom is -0.372 e. The van der Waals surface area contributed by atoms with Gasteiger partial charge in [0.2, 0.25) is 5.91 Å². The van der Waals surface area contributed by atoms with Crippen LogP contribution in [0.3, 0.4) is 0 Å². The fourth-order valence-electron chi connectivity index (χ4n) is 3.28. The maximum atomic E-state index is 13.1. The van der Waals surface area contributed by atoms with E-state index in [0.717, 1.165) is 12.1 Å². The van der Waals surface area contributed by atoms with Gasteiger partial charge in [-0.05, 0) is 38.0 Å². The zero-order valence-corrected chi connectivity index (χ0v) is 19.2. The van der Waals surface area contributed by atoms with Crippen LogP contribution in [0.4, 0.5) is 18.9 Å². The minimum absolute atomic E-state index is 0.134. The topological polar surface area (TPSA) is 81.8 Å². The molecule has 0 unspecified atom stereocenters. The number of halogens is 4. The molecule has 0 saturated carbocycles. The monoisotopic (exact) mass is 476 g/mol. The third-order valence-corrected chi connectivity index (χ3v) is 5.35. The van der Waals surface area contributed by atoms with Gasteiger partial charge in [0.15, 0.2) is 0 Å². The second-order valence-electron chi connectivity index (χ2n) is 8.30. The van der Waals surface area contributed by atoms with Gasteiger partial charge in [0.05, 0.1) is 16.3 Å². The van der Waals surface area contributed by atoms with Crippen LogP contribution in [0.2, 0.25) is 5.02 Å². The molecule has 0 spiro atoms. The zero-order valence-electron chi connectivity index (χ0n) is 18.4. The molecule has 0 aliphatic carbocycles.